The molecule has 0 saturated carbocycles. The van der Waals surface area contributed by atoms with Gasteiger partial charge in [0.15, 0.2) is 5.11 Å². The van der Waals surface area contributed by atoms with Crippen LogP contribution in [0.2, 0.25) is 0 Å². The topological polar surface area (TPSA) is 72.5 Å². The van der Waals surface area contributed by atoms with Gasteiger partial charge in [0.05, 0.1) is 13.7 Å². The first-order valence-electron chi connectivity index (χ1n) is 6.99. The zero-order chi connectivity index (χ0) is 16.7. The van der Waals surface area contributed by atoms with Crippen molar-refractivity contribution in [3.05, 3.63) is 42.5 Å². The Labute approximate surface area is 139 Å². The maximum absolute atomic E-state index is 11.4. The zero-order valence-electron chi connectivity index (χ0n) is 12.8. The number of ether oxygens (including phenoxy) is 2. The minimum Gasteiger partial charge on any atom is -0.481 e. The number of alkyl carbamates (subject to hydrolysis) is 1. The smallest absolute Gasteiger partial charge is 0.413 e. The zero-order valence-corrected chi connectivity index (χ0v) is 13.6. The van der Waals surface area contributed by atoms with Gasteiger partial charge in [0.1, 0.15) is 5.82 Å². The van der Waals surface area contributed by atoms with Gasteiger partial charge in [0.2, 0.25) is 5.88 Å². The molecule has 1 amide bonds. The van der Waals surface area contributed by atoms with E-state index in [-0.39, 0.29) is 11.7 Å². The quantitative estimate of drug-likeness (QED) is 0.838. The number of nitrogens with zero attached hydrogens (tertiary/aromatic N) is 1. The molecule has 0 saturated heterocycles. The predicted octanol–water partition coefficient (Wildman–Crippen LogP) is 3.20. The maximum Gasteiger partial charge on any atom is 0.413 e. The summed E-state index contributed by atoms with van der Waals surface area (Å²) in [6, 6.07) is 13.3. The van der Waals surface area contributed by atoms with Gasteiger partial charge < -0.3 is 14.8 Å². The molecule has 2 rings (SSSR count). The minimum atomic E-state index is -0.617. The maximum atomic E-state index is 11.4. The second kappa shape index (κ2) is 8.09. The third-order valence-corrected chi connectivity index (χ3v) is 3.09. The van der Waals surface area contributed by atoms with Crippen molar-refractivity contribution in [2.24, 2.45) is 0 Å². The van der Waals surface area contributed by atoms with Crippen LogP contribution in [0.5, 0.6) is 5.88 Å². The second-order valence-corrected chi connectivity index (χ2v) is 4.82. The van der Waals surface area contributed by atoms with Crippen LogP contribution in [0.25, 0.3) is 11.1 Å². The Hall–Kier alpha value is -2.67. The van der Waals surface area contributed by atoms with E-state index in [4.69, 9.17) is 21.7 Å². The van der Waals surface area contributed by atoms with Crippen LogP contribution < -0.4 is 15.4 Å². The molecule has 0 radical (unpaired) electrons. The number of methoxy groups -OCH3 is 1. The highest BCUT2D eigenvalue weighted by molar-refractivity contribution is 7.80. The van der Waals surface area contributed by atoms with Crippen molar-refractivity contribution in [2.75, 3.05) is 19.0 Å². The van der Waals surface area contributed by atoms with Crippen LogP contribution in [0.15, 0.2) is 42.5 Å². The summed E-state index contributed by atoms with van der Waals surface area (Å²) in [5.41, 5.74) is 1.79. The molecule has 0 aliphatic carbocycles. The molecule has 0 bridgehead atoms. The average molecular weight is 331 g/mol. The molecule has 2 aromatic rings. The Balaban J connectivity index is 2.25. The third-order valence-electron chi connectivity index (χ3n) is 2.89. The lowest BCUT2D eigenvalue weighted by molar-refractivity contribution is 0.158. The fraction of sp³-hybridized carbons (Fsp3) is 0.188. The van der Waals surface area contributed by atoms with Crippen molar-refractivity contribution in [1.82, 2.24) is 10.3 Å². The minimum absolute atomic E-state index is 0.0985. The summed E-state index contributed by atoms with van der Waals surface area (Å²) in [5, 5.41) is 5.42. The summed E-state index contributed by atoms with van der Waals surface area (Å²) in [4.78, 5) is 15.8. The summed E-state index contributed by atoms with van der Waals surface area (Å²) < 4.78 is 9.93. The molecule has 0 aliphatic heterocycles. The number of carbonyl (C=O) groups is 1. The lowest BCUT2D eigenvalue weighted by Gasteiger charge is -2.13. The molecule has 0 unspecified atom stereocenters. The van der Waals surface area contributed by atoms with Gasteiger partial charge >= 0.3 is 6.09 Å². The number of rotatable bonds is 4. The van der Waals surface area contributed by atoms with Crippen molar-refractivity contribution < 1.29 is 14.3 Å². The Morgan fingerprint density at radius 1 is 1.22 bits per heavy atom. The van der Waals surface area contributed by atoms with Crippen LogP contribution in [-0.2, 0) is 4.74 Å². The number of benzene rings is 1. The van der Waals surface area contributed by atoms with E-state index in [2.05, 4.69) is 15.6 Å². The lowest BCUT2D eigenvalue weighted by Crippen LogP contribution is -2.34. The van der Waals surface area contributed by atoms with Gasteiger partial charge in [0, 0.05) is 11.6 Å². The number of aromatic nitrogens is 1. The molecule has 0 atom stereocenters. The Bertz CT molecular complexity index is 692. The fourth-order valence-electron chi connectivity index (χ4n) is 1.90. The van der Waals surface area contributed by atoms with Crippen molar-refractivity contribution in [1.29, 1.82) is 0 Å². The van der Waals surface area contributed by atoms with Gasteiger partial charge in [-0.3, -0.25) is 5.32 Å². The number of carbonyl (C=O) groups excluding carboxylic acids is 1. The van der Waals surface area contributed by atoms with Crippen molar-refractivity contribution in [2.45, 2.75) is 6.92 Å². The summed E-state index contributed by atoms with van der Waals surface area (Å²) in [7, 11) is 1.53. The van der Waals surface area contributed by atoms with E-state index in [1.807, 2.05) is 36.4 Å². The summed E-state index contributed by atoms with van der Waals surface area (Å²) in [6.45, 7) is 1.98. The SMILES string of the molecule is CCOC(=O)NC(=S)Nc1nc(OC)ccc1-c1ccccc1. The molecule has 0 fully saturated rings. The number of hydrogen-bond donors (Lipinski definition) is 2. The standard InChI is InChI=1S/C16H17N3O3S/c1-3-22-16(20)19-15(23)18-14-12(9-10-13(17-14)21-2)11-7-5-4-6-8-11/h4-10H,3H2,1-2H3,(H2,17,18,19,20,23). The van der Waals surface area contributed by atoms with E-state index >= 15 is 0 Å². The van der Waals surface area contributed by atoms with Crippen molar-refractivity contribution in [3.63, 3.8) is 0 Å². The molecule has 0 aliphatic rings. The summed E-state index contributed by atoms with van der Waals surface area (Å²) in [5.74, 6) is 0.920. The van der Waals surface area contributed by atoms with Gasteiger partial charge in [-0.05, 0) is 30.8 Å². The lowest BCUT2D eigenvalue weighted by atomic mass is 10.1. The normalized spacial score (nSPS) is 9.83. The van der Waals surface area contributed by atoms with E-state index in [1.165, 1.54) is 7.11 Å². The van der Waals surface area contributed by atoms with Crippen LogP contribution in [0, 0.1) is 0 Å². The molecule has 1 heterocycles. The van der Waals surface area contributed by atoms with Crippen molar-refractivity contribution in [3.8, 4) is 17.0 Å². The number of pyridine rings is 1. The van der Waals surface area contributed by atoms with Gasteiger partial charge in [-0.1, -0.05) is 30.3 Å². The third kappa shape index (κ3) is 4.65. The molecule has 6 nitrogen and oxygen atoms in total. The molecule has 23 heavy (non-hydrogen) atoms. The second-order valence-electron chi connectivity index (χ2n) is 4.42. The van der Waals surface area contributed by atoms with E-state index in [0.717, 1.165) is 11.1 Å². The van der Waals surface area contributed by atoms with E-state index in [9.17, 15) is 4.79 Å². The van der Waals surface area contributed by atoms with Crippen molar-refractivity contribution >= 4 is 29.2 Å². The average Bonchev–Trinajstić information content (AvgIpc) is 2.55. The first-order valence-corrected chi connectivity index (χ1v) is 7.40. The van der Waals surface area contributed by atoms with Gasteiger partial charge in [0.25, 0.3) is 0 Å². The molecule has 0 spiro atoms. The molecular weight excluding hydrogens is 314 g/mol. The van der Waals surface area contributed by atoms with Gasteiger partial charge in [-0.15, -0.1) is 0 Å². The number of hydrogen-bond acceptors (Lipinski definition) is 5. The van der Waals surface area contributed by atoms with Crippen LogP contribution >= 0.6 is 12.2 Å². The molecule has 1 aromatic heterocycles. The molecule has 120 valence electrons. The van der Waals surface area contributed by atoms with Gasteiger partial charge in [-0.25, -0.2) is 4.79 Å². The highest BCUT2D eigenvalue weighted by atomic mass is 32.1. The monoisotopic (exact) mass is 331 g/mol. The van der Waals surface area contributed by atoms with Crippen LogP contribution in [-0.4, -0.2) is 29.9 Å². The number of thiocarbonyl (C=S) groups is 1. The fourth-order valence-corrected chi connectivity index (χ4v) is 2.08. The van der Waals surface area contributed by atoms with E-state index in [1.54, 1.807) is 13.0 Å². The van der Waals surface area contributed by atoms with Gasteiger partial charge in [-0.2, -0.15) is 4.98 Å². The van der Waals surface area contributed by atoms with E-state index < -0.39 is 6.09 Å². The highest BCUT2D eigenvalue weighted by Gasteiger charge is 2.12. The Morgan fingerprint density at radius 3 is 2.61 bits per heavy atom. The van der Waals surface area contributed by atoms with Crippen LogP contribution in [0.1, 0.15) is 6.92 Å². The number of amides is 1. The number of anilines is 1. The molecular formula is C16H17N3O3S. The Morgan fingerprint density at radius 2 is 1.96 bits per heavy atom. The summed E-state index contributed by atoms with van der Waals surface area (Å²) >= 11 is 5.11. The highest BCUT2D eigenvalue weighted by Crippen LogP contribution is 2.28. The first-order chi connectivity index (χ1) is 11.1. The van der Waals surface area contributed by atoms with Crippen LogP contribution in [0.4, 0.5) is 10.6 Å². The molecule has 2 N–H and O–H groups in total. The largest absolute Gasteiger partial charge is 0.481 e. The van der Waals surface area contributed by atoms with Crippen LogP contribution in [0.3, 0.4) is 0 Å². The van der Waals surface area contributed by atoms with E-state index in [0.29, 0.717) is 11.7 Å². The molecule has 1 aromatic carbocycles. The molecule has 7 heteroatoms. The first kappa shape index (κ1) is 16.7. The summed E-state index contributed by atoms with van der Waals surface area (Å²) in [6.07, 6.45) is -0.617. The number of nitrogens with one attached hydrogen (secondary N) is 2. The predicted molar refractivity (Wildman–Crippen MR) is 92.6 cm³/mol. The Kier molecular flexibility index (Phi) is 5.87.